The van der Waals surface area contributed by atoms with E-state index >= 15 is 0 Å². The van der Waals surface area contributed by atoms with Crippen molar-refractivity contribution in [2.45, 2.75) is 19.0 Å². The largest absolute Gasteiger partial charge is 0.493 e. The Hall–Kier alpha value is -2.96. The first-order valence-electron chi connectivity index (χ1n) is 8.24. The van der Waals surface area contributed by atoms with Crippen LogP contribution in [0.3, 0.4) is 0 Å². The fourth-order valence-corrected chi connectivity index (χ4v) is 2.71. The Morgan fingerprint density at radius 3 is 2.92 bits per heavy atom. The van der Waals surface area contributed by atoms with Crippen LogP contribution in [-0.2, 0) is 11.3 Å². The molecule has 132 valence electrons. The van der Waals surface area contributed by atoms with E-state index in [-0.39, 0.29) is 18.5 Å². The van der Waals surface area contributed by atoms with Gasteiger partial charge in [-0.25, -0.2) is 0 Å². The highest BCUT2D eigenvalue weighted by atomic mass is 16.5. The van der Waals surface area contributed by atoms with Crippen molar-refractivity contribution in [2.75, 3.05) is 20.2 Å². The maximum atomic E-state index is 12.3. The fraction of sp³-hybridized carbons (Fsp3) is 0.333. The molecule has 0 radical (unpaired) electrons. The highest BCUT2D eigenvalue weighted by Gasteiger charge is 2.22. The number of guanidine groups is 1. The van der Waals surface area contributed by atoms with Gasteiger partial charge >= 0.3 is 0 Å². The van der Waals surface area contributed by atoms with E-state index in [1.54, 1.807) is 13.3 Å². The van der Waals surface area contributed by atoms with Crippen molar-refractivity contribution in [1.82, 2.24) is 16.0 Å². The third-order valence-corrected chi connectivity index (χ3v) is 3.94. The molecule has 0 fully saturated rings. The number of aliphatic imine (C=N–C) groups is 1. The molecule has 1 aromatic heterocycles. The van der Waals surface area contributed by atoms with Crippen LogP contribution in [-0.4, -0.2) is 32.1 Å². The van der Waals surface area contributed by atoms with Gasteiger partial charge in [0.25, 0.3) is 0 Å². The summed E-state index contributed by atoms with van der Waals surface area (Å²) in [5.74, 6) is 2.08. The summed E-state index contributed by atoms with van der Waals surface area (Å²) < 4.78 is 10.9. The number of carbonyl (C=O) groups excluding carboxylic acids is 1. The molecule has 0 saturated carbocycles. The second kappa shape index (κ2) is 8.23. The van der Waals surface area contributed by atoms with E-state index in [2.05, 4.69) is 20.9 Å². The SMILES string of the molecule is CN=C(NCC(=O)NC1CCOc2ccccc21)NCc1ccco1. The lowest BCUT2D eigenvalue weighted by molar-refractivity contribution is -0.120. The van der Waals surface area contributed by atoms with Crippen molar-refractivity contribution in [2.24, 2.45) is 4.99 Å². The molecule has 25 heavy (non-hydrogen) atoms. The van der Waals surface area contributed by atoms with E-state index in [0.29, 0.717) is 19.1 Å². The molecule has 1 unspecified atom stereocenters. The summed E-state index contributed by atoms with van der Waals surface area (Å²) in [5.41, 5.74) is 1.02. The monoisotopic (exact) mass is 342 g/mol. The molecule has 0 saturated heterocycles. The minimum absolute atomic E-state index is 0.0302. The van der Waals surface area contributed by atoms with Gasteiger partial charge < -0.3 is 25.1 Å². The van der Waals surface area contributed by atoms with Crippen molar-refractivity contribution < 1.29 is 13.9 Å². The number of hydrogen-bond donors (Lipinski definition) is 3. The molecule has 2 aromatic rings. The van der Waals surface area contributed by atoms with Crippen LogP contribution >= 0.6 is 0 Å². The van der Waals surface area contributed by atoms with Gasteiger partial charge in [0.2, 0.25) is 5.91 Å². The van der Waals surface area contributed by atoms with E-state index in [4.69, 9.17) is 9.15 Å². The summed E-state index contributed by atoms with van der Waals surface area (Å²) in [6, 6.07) is 11.5. The Morgan fingerprint density at radius 1 is 1.24 bits per heavy atom. The fourth-order valence-electron chi connectivity index (χ4n) is 2.71. The summed E-state index contributed by atoms with van der Waals surface area (Å²) >= 11 is 0. The number of furan rings is 1. The van der Waals surface area contributed by atoms with Crippen molar-refractivity contribution in [3.05, 3.63) is 54.0 Å². The maximum absolute atomic E-state index is 12.3. The second-order valence-corrected chi connectivity index (χ2v) is 5.65. The normalized spacial score (nSPS) is 16.5. The van der Waals surface area contributed by atoms with E-state index in [9.17, 15) is 4.79 Å². The van der Waals surface area contributed by atoms with E-state index < -0.39 is 0 Å². The minimum Gasteiger partial charge on any atom is -0.493 e. The van der Waals surface area contributed by atoms with E-state index in [0.717, 1.165) is 23.5 Å². The quantitative estimate of drug-likeness (QED) is 0.567. The predicted molar refractivity (Wildman–Crippen MR) is 94.3 cm³/mol. The summed E-state index contributed by atoms with van der Waals surface area (Å²) in [5, 5.41) is 9.13. The number of carbonyl (C=O) groups is 1. The number of para-hydroxylation sites is 1. The Kier molecular flexibility index (Phi) is 5.56. The van der Waals surface area contributed by atoms with Crippen LogP contribution in [0.15, 0.2) is 52.1 Å². The topological polar surface area (TPSA) is 87.9 Å². The third kappa shape index (κ3) is 4.53. The number of benzene rings is 1. The molecule has 3 N–H and O–H groups in total. The molecule has 7 nitrogen and oxygen atoms in total. The van der Waals surface area contributed by atoms with Crippen molar-refractivity contribution in [3.8, 4) is 5.75 Å². The molecule has 7 heteroatoms. The van der Waals surface area contributed by atoms with E-state index in [1.807, 2.05) is 36.4 Å². The van der Waals surface area contributed by atoms with Crippen LogP contribution < -0.4 is 20.7 Å². The molecule has 1 aromatic carbocycles. The molecule has 1 aliphatic rings. The molecule has 3 rings (SSSR count). The molecule has 0 spiro atoms. The number of nitrogens with zero attached hydrogens (tertiary/aromatic N) is 1. The first kappa shape index (κ1) is 16.9. The van der Waals surface area contributed by atoms with Crippen LogP contribution in [0.5, 0.6) is 5.75 Å². The summed E-state index contributed by atoms with van der Waals surface area (Å²) in [6.07, 6.45) is 2.38. The predicted octanol–water partition coefficient (Wildman–Crippen LogP) is 1.58. The van der Waals surface area contributed by atoms with Crippen LogP contribution in [0.25, 0.3) is 0 Å². The van der Waals surface area contributed by atoms with Gasteiger partial charge in [0, 0.05) is 19.0 Å². The van der Waals surface area contributed by atoms with Gasteiger partial charge in [-0.15, -0.1) is 0 Å². The highest BCUT2D eigenvalue weighted by molar-refractivity contribution is 5.86. The minimum atomic E-state index is -0.0948. The summed E-state index contributed by atoms with van der Waals surface area (Å²) in [7, 11) is 1.66. The summed E-state index contributed by atoms with van der Waals surface area (Å²) in [6.45, 7) is 1.24. The van der Waals surface area contributed by atoms with E-state index in [1.165, 1.54) is 0 Å². The number of rotatable bonds is 5. The lowest BCUT2D eigenvalue weighted by Gasteiger charge is -2.26. The van der Waals surface area contributed by atoms with Gasteiger partial charge in [0.05, 0.1) is 32.0 Å². The van der Waals surface area contributed by atoms with Crippen LogP contribution in [0.4, 0.5) is 0 Å². The van der Waals surface area contributed by atoms with Crippen molar-refractivity contribution in [3.63, 3.8) is 0 Å². The average molecular weight is 342 g/mol. The lowest BCUT2D eigenvalue weighted by Crippen LogP contribution is -2.44. The Labute approximate surface area is 146 Å². The number of hydrogen-bond acceptors (Lipinski definition) is 4. The van der Waals surface area contributed by atoms with Gasteiger partial charge in [-0.1, -0.05) is 18.2 Å². The maximum Gasteiger partial charge on any atom is 0.239 e. The number of ether oxygens (including phenoxy) is 1. The van der Waals surface area contributed by atoms with Crippen molar-refractivity contribution >= 4 is 11.9 Å². The molecule has 1 atom stereocenters. The molecular formula is C18H22N4O3. The van der Waals surface area contributed by atoms with Crippen molar-refractivity contribution in [1.29, 1.82) is 0 Å². The number of fused-ring (bicyclic) bond motifs is 1. The van der Waals surface area contributed by atoms with Gasteiger partial charge in [0.1, 0.15) is 11.5 Å². The zero-order valence-corrected chi connectivity index (χ0v) is 14.1. The zero-order chi connectivity index (χ0) is 17.5. The van der Waals surface area contributed by atoms with Crippen LogP contribution in [0.1, 0.15) is 23.8 Å². The highest BCUT2D eigenvalue weighted by Crippen LogP contribution is 2.31. The molecule has 0 bridgehead atoms. The first-order valence-corrected chi connectivity index (χ1v) is 8.24. The van der Waals surface area contributed by atoms with Gasteiger partial charge in [-0.2, -0.15) is 0 Å². The number of nitrogens with one attached hydrogen (secondary N) is 3. The first-order chi connectivity index (χ1) is 12.3. The average Bonchev–Trinajstić information content (AvgIpc) is 3.16. The Morgan fingerprint density at radius 2 is 2.12 bits per heavy atom. The standard InChI is InChI=1S/C18H22N4O3/c1-19-18(20-11-13-5-4-9-24-13)21-12-17(23)22-15-8-10-25-16-7-3-2-6-14(15)16/h2-7,9,15H,8,10-12H2,1H3,(H,22,23)(H2,19,20,21). The molecular weight excluding hydrogens is 320 g/mol. The number of amides is 1. The molecule has 1 aliphatic heterocycles. The van der Waals surface area contributed by atoms with Gasteiger partial charge in [0.15, 0.2) is 5.96 Å². The van der Waals surface area contributed by atoms with Crippen LogP contribution in [0.2, 0.25) is 0 Å². The second-order valence-electron chi connectivity index (χ2n) is 5.65. The molecule has 2 heterocycles. The van der Waals surface area contributed by atoms with Crippen LogP contribution in [0, 0.1) is 0 Å². The third-order valence-electron chi connectivity index (χ3n) is 3.94. The van der Waals surface area contributed by atoms with Gasteiger partial charge in [-0.3, -0.25) is 9.79 Å². The van der Waals surface area contributed by atoms with Gasteiger partial charge in [-0.05, 0) is 18.2 Å². The Bertz CT molecular complexity index is 728. The Balaban J connectivity index is 1.48. The smallest absolute Gasteiger partial charge is 0.239 e. The molecule has 1 amide bonds. The zero-order valence-electron chi connectivity index (χ0n) is 14.1. The summed E-state index contributed by atoms with van der Waals surface area (Å²) in [4.78, 5) is 16.4. The molecule has 0 aliphatic carbocycles. The lowest BCUT2D eigenvalue weighted by atomic mass is 10.0.